The van der Waals surface area contributed by atoms with E-state index >= 15 is 0 Å². The second-order valence-electron chi connectivity index (χ2n) is 11.7. The van der Waals surface area contributed by atoms with Crippen LogP contribution in [0.1, 0.15) is 64.2 Å². The molecule has 2 saturated heterocycles. The smallest absolute Gasteiger partial charge is 0.410 e. The Kier molecular flexibility index (Phi) is 6.79. The number of aromatic nitrogens is 1. The van der Waals surface area contributed by atoms with Gasteiger partial charge < -0.3 is 19.6 Å². The molecular formula is C28H37F2N3O3. The second kappa shape index (κ2) is 9.29. The van der Waals surface area contributed by atoms with Gasteiger partial charge in [-0.1, -0.05) is 45.0 Å². The lowest BCUT2D eigenvalue weighted by Crippen LogP contribution is -2.66. The van der Waals surface area contributed by atoms with E-state index in [1.165, 1.54) is 0 Å². The average molecular weight is 502 g/mol. The molecule has 1 N–H and O–H groups in total. The molecule has 2 aliphatic rings. The van der Waals surface area contributed by atoms with Gasteiger partial charge in [-0.25, -0.2) is 18.6 Å². The Balaban J connectivity index is 1.71. The predicted molar refractivity (Wildman–Crippen MR) is 136 cm³/mol. The van der Waals surface area contributed by atoms with E-state index in [1.54, 1.807) is 28.1 Å². The minimum Gasteiger partial charge on any atom is -0.444 e. The topological polar surface area (TPSA) is 65.9 Å². The summed E-state index contributed by atoms with van der Waals surface area (Å²) in [6, 6.07) is 11.3. The predicted octanol–water partition coefficient (Wildman–Crippen LogP) is 5.19. The van der Waals surface area contributed by atoms with E-state index in [9.17, 15) is 18.7 Å². The van der Waals surface area contributed by atoms with Gasteiger partial charge in [0.15, 0.2) is 12.3 Å². The fourth-order valence-electron chi connectivity index (χ4n) is 5.18. The number of anilines is 1. The summed E-state index contributed by atoms with van der Waals surface area (Å²) in [5.74, 6) is 0.749. The van der Waals surface area contributed by atoms with Crippen molar-refractivity contribution in [3.8, 4) is 0 Å². The molecule has 0 spiro atoms. The van der Waals surface area contributed by atoms with E-state index in [0.717, 1.165) is 5.56 Å². The highest BCUT2D eigenvalue weighted by atomic mass is 19.2. The number of hydrogen-bond donors (Lipinski definition) is 1. The highest BCUT2D eigenvalue weighted by molar-refractivity contribution is 5.70. The quantitative estimate of drug-likeness (QED) is 0.611. The molecule has 0 bridgehead atoms. The molecular weight excluding hydrogens is 464 g/mol. The highest BCUT2D eigenvalue weighted by Crippen LogP contribution is 2.51. The lowest BCUT2D eigenvalue weighted by molar-refractivity contribution is -0.131. The third-order valence-corrected chi connectivity index (χ3v) is 7.27. The number of alkyl halides is 2. The van der Waals surface area contributed by atoms with E-state index in [-0.39, 0.29) is 26.2 Å². The van der Waals surface area contributed by atoms with Crippen molar-refractivity contribution >= 4 is 11.9 Å². The summed E-state index contributed by atoms with van der Waals surface area (Å²) in [5, 5.41) is 12.5. The Morgan fingerprint density at radius 2 is 1.67 bits per heavy atom. The summed E-state index contributed by atoms with van der Waals surface area (Å²) in [5.41, 5.74) is -0.450. The molecule has 3 heterocycles. The maximum Gasteiger partial charge on any atom is 0.410 e. The fourth-order valence-corrected chi connectivity index (χ4v) is 5.18. The van der Waals surface area contributed by atoms with Crippen molar-refractivity contribution in [1.29, 1.82) is 0 Å². The van der Waals surface area contributed by atoms with Gasteiger partial charge in [-0.05, 0) is 55.5 Å². The number of benzene rings is 1. The molecule has 4 rings (SSSR count). The molecule has 36 heavy (non-hydrogen) atoms. The van der Waals surface area contributed by atoms with Crippen LogP contribution in [0, 0.1) is 5.41 Å². The van der Waals surface area contributed by atoms with Crippen molar-refractivity contribution in [3.63, 3.8) is 0 Å². The first-order chi connectivity index (χ1) is 16.7. The van der Waals surface area contributed by atoms with E-state index in [0.29, 0.717) is 22.9 Å². The summed E-state index contributed by atoms with van der Waals surface area (Å²) in [7, 11) is 0. The molecule has 1 aromatic heterocycles. The third-order valence-electron chi connectivity index (χ3n) is 7.27. The van der Waals surface area contributed by atoms with Crippen LogP contribution >= 0.6 is 0 Å². The van der Waals surface area contributed by atoms with E-state index in [1.807, 2.05) is 52.0 Å². The van der Waals surface area contributed by atoms with Crippen LogP contribution in [0.5, 0.6) is 0 Å². The number of carbonyl (C=O) groups excluding carboxylic acids is 1. The van der Waals surface area contributed by atoms with Crippen molar-refractivity contribution in [2.45, 2.75) is 71.0 Å². The zero-order chi connectivity index (χ0) is 26.5. The molecule has 1 aromatic carbocycles. The number of nitrogens with zero attached hydrogens (tertiary/aromatic N) is 3. The van der Waals surface area contributed by atoms with Gasteiger partial charge in [0.05, 0.1) is 13.1 Å². The first-order valence-electron chi connectivity index (χ1n) is 12.5. The first-order valence-corrected chi connectivity index (χ1v) is 12.5. The standard InChI is InChI=1S/C28H37F2N3O3/c1-18(2)19-7-9-20(10-8-19)28(35,27(6)16-33(17-27)25(34)36-26(3,4)5)21-11-12-31-24(13-21)32-14-22(29)23(30)15-32/h7-13,18,22-23,35H,14-17H2,1-6H3/t22-,23+,28?. The Hall–Kier alpha value is -2.74. The molecule has 196 valence electrons. The van der Waals surface area contributed by atoms with Gasteiger partial charge in [-0.2, -0.15) is 0 Å². The number of hydrogen-bond acceptors (Lipinski definition) is 5. The molecule has 0 saturated carbocycles. The molecule has 2 fully saturated rings. The maximum absolute atomic E-state index is 13.9. The Morgan fingerprint density at radius 3 is 2.19 bits per heavy atom. The van der Waals surface area contributed by atoms with Gasteiger partial charge >= 0.3 is 6.09 Å². The SMILES string of the molecule is CC(C)c1ccc(C(O)(c2ccnc(N3C[C@@H](F)[C@@H](F)C3)c2)C2(C)CN(C(=O)OC(C)(C)C)C2)cc1. The first kappa shape index (κ1) is 26.3. The van der Waals surface area contributed by atoms with Crippen molar-refractivity contribution in [2.75, 3.05) is 31.1 Å². The zero-order valence-corrected chi connectivity index (χ0v) is 22.0. The van der Waals surface area contributed by atoms with Crippen LogP contribution in [-0.2, 0) is 10.3 Å². The highest BCUT2D eigenvalue weighted by Gasteiger charge is 2.58. The number of rotatable bonds is 5. The summed E-state index contributed by atoms with van der Waals surface area (Å²) < 4.78 is 33.3. The molecule has 1 unspecified atom stereocenters. The molecule has 6 nitrogen and oxygen atoms in total. The molecule has 0 aliphatic carbocycles. The van der Waals surface area contributed by atoms with Gasteiger partial charge in [-0.15, -0.1) is 0 Å². The lowest BCUT2D eigenvalue weighted by atomic mass is 9.62. The van der Waals surface area contributed by atoms with E-state index < -0.39 is 35.1 Å². The Morgan fingerprint density at radius 1 is 1.08 bits per heavy atom. The average Bonchev–Trinajstić information content (AvgIpc) is 3.13. The molecule has 1 amide bonds. The van der Waals surface area contributed by atoms with Gasteiger partial charge in [-0.3, -0.25) is 0 Å². The Bertz CT molecular complexity index is 1090. The van der Waals surface area contributed by atoms with Gasteiger partial charge in [0, 0.05) is 24.7 Å². The van der Waals surface area contributed by atoms with Crippen LogP contribution in [0.3, 0.4) is 0 Å². The summed E-state index contributed by atoms with van der Waals surface area (Å²) in [6.07, 6.45) is -1.99. The lowest BCUT2D eigenvalue weighted by Gasteiger charge is -2.56. The zero-order valence-electron chi connectivity index (χ0n) is 22.0. The number of aliphatic hydroxyl groups is 1. The molecule has 0 radical (unpaired) electrons. The maximum atomic E-state index is 13.9. The summed E-state index contributed by atoms with van der Waals surface area (Å²) >= 11 is 0. The van der Waals surface area contributed by atoms with Crippen molar-refractivity contribution < 1.29 is 23.4 Å². The van der Waals surface area contributed by atoms with Gasteiger partial charge in [0.1, 0.15) is 17.0 Å². The van der Waals surface area contributed by atoms with Crippen molar-refractivity contribution in [2.24, 2.45) is 5.41 Å². The molecule has 2 aromatic rings. The number of pyridine rings is 1. The fraction of sp³-hybridized carbons (Fsp3) is 0.571. The van der Waals surface area contributed by atoms with Crippen LogP contribution in [0.15, 0.2) is 42.6 Å². The normalized spacial score (nSPS) is 23.4. The summed E-state index contributed by atoms with van der Waals surface area (Å²) in [6.45, 7) is 12.0. The van der Waals surface area contributed by atoms with Crippen LogP contribution in [0.4, 0.5) is 19.4 Å². The van der Waals surface area contributed by atoms with Gasteiger partial charge in [0.2, 0.25) is 0 Å². The van der Waals surface area contributed by atoms with Crippen molar-refractivity contribution in [1.82, 2.24) is 9.88 Å². The number of ether oxygens (including phenoxy) is 1. The Labute approximate surface area is 212 Å². The van der Waals surface area contributed by atoms with Crippen LogP contribution < -0.4 is 4.90 Å². The molecule has 2 aliphatic heterocycles. The van der Waals surface area contributed by atoms with Crippen LogP contribution in [0.25, 0.3) is 0 Å². The monoisotopic (exact) mass is 501 g/mol. The van der Waals surface area contributed by atoms with Gasteiger partial charge in [0.25, 0.3) is 0 Å². The number of amides is 1. The van der Waals surface area contributed by atoms with E-state index in [2.05, 4.69) is 18.8 Å². The largest absolute Gasteiger partial charge is 0.444 e. The minimum atomic E-state index is -1.57. The number of likely N-dealkylation sites (tertiary alicyclic amines) is 1. The minimum absolute atomic E-state index is 0.0805. The number of halogens is 2. The number of carbonyl (C=O) groups is 1. The molecule has 8 heteroatoms. The van der Waals surface area contributed by atoms with Crippen LogP contribution in [-0.4, -0.2) is 65.2 Å². The third kappa shape index (κ3) is 4.80. The second-order valence-corrected chi connectivity index (χ2v) is 11.7. The van der Waals surface area contributed by atoms with Crippen molar-refractivity contribution in [3.05, 3.63) is 59.3 Å². The van der Waals surface area contributed by atoms with Crippen LogP contribution in [0.2, 0.25) is 0 Å². The van der Waals surface area contributed by atoms with E-state index in [4.69, 9.17) is 4.74 Å². The molecule has 3 atom stereocenters. The summed E-state index contributed by atoms with van der Waals surface area (Å²) in [4.78, 5) is 20.2.